The van der Waals surface area contributed by atoms with Crippen LogP contribution in [0, 0.1) is 5.41 Å². The Hall–Kier alpha value is -1.53. The van der Waals surface area contributed by atoms with E-state index in [1.165, 1.54) is 13.1 Å². The first kappa shape index (κ1) is 18.5. The van der Waals surface area contributed by atoms with Crippen molar-refractivity contribution in [3.05, 3.63) is 34.2 Å². The van der Waals surface area contributed by atoms with E-state index >= 15 is 0 Å². The molecule has 22 heavy (non-hydrogen) atoms. The second kappa shape index (κ2) is 7.65. The highest BCUT2D eigenvalue weighted by atomic mass is 28.3. The molecule has 0 N–H and O–H groups in total. The summed E-state index contributed by atoms with van der Waals surface area (Å²) in [6.45, 7) is 12.0. The topological polar surface area (TPSA) is 65.5 Å². The fraction of sp³-hybridized carbons (Fsp3) is 0.562. The lowest BCUT2D eigenvalue weighted by atomic mass is 9.77. The lowest BCUT2D eigenvalue weighted by molar-refractivity contribution is -0.132. The van der Waals surface area contributed by atoms with Gasteiger partial charge in [-0.15, -0.1) is 0 Å². The van der Waals surface area contributed by atoms with Gasteiger partial charge in [-0.25, -0.2) is 4.98 Å². The molecular formula is C16H25NO4Si. The molecule has 1 heterocycles. The zero-order valence-corrected chi connectivity index (χ0v) is 15.3. The van der Waals surface area contributed by atoms with Crippen LogP contribution in [0.3, 0.4) is 0 Å². The Morgan fingerprint density at radius 2 is 2.00 bits per heavy atom. The summed E-state index contributed by atoms with van der Waals surface area (Å²) in [6, 6.07) is 3.21. The van der Waals surface area contributed by atoms with Crippen LogP contribution in [-0.2, 0) is 9.22 Å². The van der Waals surface area contributed by atoms with Gasteiger partial charge in [0.2, 0.25) is 0 Å². The monoisotopic (exact) mass is 323 g/mol. The van der Waals surface area contributed by atoms with Crippen LogP contribution in [0.1, 0.15) is 39.2 Å². The van der Waals surface area contributed by atoms with E-state index in [1.807, 2.05) is 20.8 Å². The van der Waals surface area contributed by atoms with Crippen molar-refractivity contribution in [3.63, 3.8) is 0 Å². The minimum absolute atomic E-state index is 0.204. The van der Waals surface area contributed by atoms with E-state index in [-0.39, 0.29) is 22.6 Å². The van der Waals surface area contributed by atoms with Crippen LogP contribution in [0.25, 0.3) is 0 Å². The molecule has 1 atom stereocenters. The summed E-state index contributed by atoms with van der Waals surface area (Å²) in [7, 11) is -1.23. The molecule has 1 rings (SSSR count). The Kier molecular flexibility index (Phi) is 6.43. The molecular weight excluding hydrogens is 298 g/mol. The number of esters is 1. The maximum Gasteiger partial charge on any atom is 0.308 e. The third-order valence-corrected chi connectivity index (χ3v) is 4.12. The first-order valence-corrected chi connectivity index (χ1v) is 10.2. The summed E-state index contributed by atoms with van der Waals surface area (Å²) in [5.74, 6) is -0.397. The van der Waals surface area contributed by atoms with E-state index < -0.39 is 15.0 Å². The van der Waals surface area contributed by atoms with Gasteiger partial charge in [0.25, 0.3) is 5.56 Å². The molecule has 0 radical (unpaired) electrons. The molecule has 0 aromatic carbocycles. The maximum atomic E-state index is 12.4. The van der Waals surface area contributed by atoms with Crippen LogP contribution in [0.15, 0.2) is 23.1 Å². The molecule has 1 aromatic rings. The average Bonchev–Trinajstić information content (AvgIpc) is 2.51. The van der Waals surface area contributed by atoms with E-state index in [0.29, 0.717) is 12.2 Å². The van der Waals surface area contributed by atoms with E-state index in [1.54, 1.807) is 12.1 Å². The molecule has 0 unspecified atom stereocenters. The second-order valence-electron chi connectivity index (χ2n) is 6.61. The van der Waals surface area contributed by atoms with Gasteiger partial charge in [0.1, 0.15) is 5.75 Å². The van der Waals surface area contributed by atoms with Crippen LogP contribution in [0.5, 0.6) is 5.75 Å². The average molecular weight is 323 g/mol. The van der Waals surface area contributed by atoms with Crippen LogP contribution < -0.4 is 10.3 Å². The second-order valence-corrected chi connectivity index (χ2v) is 9.05. The van der Waals surface area contributed by atoms with Crippen LogP contribution >= 0.6 is 0 Å². The number of hydrogen-bond acceptors (Lipinski definition) is 5. The summed E-state index contributed by atoms with van der Waals surface area (Å²) >= 11 is 0. The number of rotatable bonds is 5. The molecule has 6 heteroatoms. The zero-order valence-electron chi connectivity index (χ0n) is 14.2. The highest BCUT2D eigenvalue weighted by Crippen LogP contribution is 2.37. The normalized spacial score (nSPS) is 13.0. The third-order valence-electron chi connectivity index (χ3n) is 3.27. The van der Waals surface area contributed by atoms with Gasteiger partial charge in [-0.05, 0) is 30.6 Å². The summed E-state index contributed by atoms with van der Waals surface area (Å²) in [5.41, 5.74) is -0.203. The fourth-order valence-corrected chi connectivity index (χ4v) is 2.70. The molecule has 1 aromatic heterocycles. The first-order valence-electron chi connectivity index (χ1n) is 7.42. The van der Waals surface area contributed by atoms with Gasteiger partial charge in [-0.1, -0.05) is 20.8 Å². The van der Waals surface area contributed by atoms with Crippen molar-refractivity contribution in [2.24, 2.45) is 5.41 Å². The van der Waals surface area contributed by atoms with Gasteiger partial charge in [-0.3, -0.25) is 9.59 Å². The summed E-state index contributed by atoms with van der Waals surface area (Å²) in [5, 5.41) is 0. The van der Waals surface area contributed by atoms with Crippen molar-refractivity contribution in [2.45, 2.75) is 46.7 Å². The number of nitrogens with zero attached hydrogens (tertiary/aromatic N) is 1. The number of carbonyl (C=O) groups excluding carboxylic acids is 1. The van der Waals surface area contributed by atoms with Crippen molar-refractivity contribution >= 4 is 15.0 Å². The lowest BCUT2D eigenvalue weighted by Crippen LogP contribution is -2.30. The Morgan fingerprint density at radius 1 is 1.36 bits per heavy atom. The molecule has 0 spiro atoms. The van der Waals surface area contributed by atoms with Crippen molar-refractivity contribution in [1.29, 1.82) is 0 Å². The third kappa shape index (κ3) is 5.34. The molecule has 5 nitrogen and oxygen atoms in total. The van der Waals surface area contributed by atoms with Crippen molar-refractivity contribution < 1.29 is 14.0 Å². The molecule has 0 saturated carbocycles. The number of carbonyl (C=O) groups is 1. The van der Waals surface area contributed by atoms with E-state index in [9.17, 15) is 9.59 Å². The quantitative estimate of drug-likeness (QED) is 0.615. The van der Waals surface area contributed by atoms with E-state index in [2.05, 4.69) is 18.1 Å². The van der Waals surface area contributed by atoms with Gasteiger partial charge in [0, 0.05) is 25.6 Å². The Bertz CT molecular complexity index is 581. The molecule has 0 aliphatic carbocycles. The SMILES string of the molecule is CC(=O)Oc1cccnc(=O)c1[C@H](CO[SiH](C)C)C(C)(C)C. The van der Waals surface area contributed by atoms with Gasteiger partial charge < -0.3 is 9.16 Å². The standard InChI is InChI=1S/C16H25NO4Si/c1-11(18)21-13-8-7-9-17-15(19)14(13)12(16(2,3)4)10-20-22(5)6/h7-9,12,22H,10H2,1-6H3/t12-/m0/s1. The van der Waals surface area contributed by atoms with Gasteiger partial charge in [0.15, 0.2) is 9.04 Å². The Balaban J connectivity index is 3.43. The predicted octanol–water partition coefficient (Wildman–Crippen LogP) is 2.50. The number of hydrogen-bond donors (Lipinski definition) is 0. The molecule has 0 bridgehead atoms. The molecule has 122 valence electrons. The number of ether oxygens (including phenoxy) is 1. The van der Waals surface area contributed by atoms with Crippen molar-refractivity contribution in [1.82, 2.24) is 4.98 Å². The minimum Gasteiger partial charge on any atom is -0.426 e. The van der Waals surface area contributed by atoms with Gasteiger partial charge >= 0.3 is 5.97 Å². The number of aromatic nitrogens is 1. The molecule has 0 aliphatic heterocycles. The molecule has 0 amide bonds. The van der Waals surface area contributed by atoms with E-state index in [0.717, 1.165) is 0 Å². The molecule has 0 fully saturated rings. The van der Waals surface area contributed by atoms with Gasteiger partial charge in [0.05, 0.1) is 5.56 Å². The van der Waals surface area contributed by atoms with Crippen LogP contribution in [0.2, 0.25) is 13.1 Å². The summed E-state index contributed by atoms with van der Waals surface area (Å²) < 4.78 is 11.1. The highest BCUT2D eigenvalue weighted by Gasteiger charge is 2.32. The first-order chi connectivity index (χ1) is 10.1. The van der Waals surface area contributed by atoms with Gasteiger partial charge in [-0.2, -0.15) is 0 Å². The predicted molar refractivity (Wildman–Crippen MR) is 88.8 cm³/mol. The zero-order chi connectivity index (χ0) is 16.9. The summed E-state index contributed by atoms with van der Waals surface area (Å²) in [6.07, 6.45) is 1.41. The van der Waals surface area contributed by atoms with Crippen LogP contribution in [-0.4, -0.2) is 26.6 Å². The highest BCUT2D eigenvalue weighted by molar-refractivity contribution is 6.48. The maximum absolute atomic E-state index is 12.4. The Labute approximate surface area is 133 Å². The van der Waals surface area contributed by atoms with Crippen molar-refractivity contribution in [3.8, 4) is 5.75 Å². The molecule has 0 aliphatic rings. The largest absolute Gasteiger partial charge is 0.426 e. The van der Waals surface area contributed by atoms with Crippen molar-refractivity contribution in [2.75, 3.05) is 6.61 Å². The lowest BCUT2D eigenvalue weighted by Gasteiger charge is -2.31. The minimum atomic E-state index is -1.23. The van der Waals surface area contributed by atoms with Crippen LogP contribution in [0.4, 0.5) is 0 Å². The smallest absolute Gasteiger partial charge is 0.308 e. The van der Waals surface area contributed by atoms with E-state index in [4.69, 9.17) is 9.16 Å². The summed E-state index contributed by atoms with van der Waals surface area (Å²) in [4.78, 5) is 27.6. The molecule has 0 saturated heterocycles. The fourth-order valence-electron chi connectivity index (χ4n) is 2.13. The Morgan fingerprint density at radius 3 is 2.50 bits per heavy atom.